The molecule has 0 saturated carbocycles. The maximum atomic E-state index is 6.62. The Morgan fingerprint density at radius 3 is 2.02 bits per heavy atom. The van der Waals surface area contributed by atoms with Crippen molar-refractivity contribution in [2.45, 2.75) is 0 Å². The standard InChI is InChI=1S/C38H23NOS/c1-2-13-26(14-3-1)39-31-19-6-4-15-29(31)38-37(39)36-28(17-9-20-32(36)40-38)25-12-8-11-24(23-25)27-18-10-22-34-35(27)30-16-5-7-21-33(30)41-34/h1-23H. The molecule has 41 heavy (non-hydrogen) atoms. The summed E-state index contributed by atoms with van der Waals surface area (Å²) in [5, 5.41) is 4.91. The smallest absolute Gasteiger partial charge is 0.161 e. The van der Waals surface area contributed by atoms with Crippen molar-refractivity contribution in [3.63, 3.8) is 0 Å². The Morgan fingerprint density at radius 1 is 0.512 bits per heavy atom. The molecule has 3 aromatic heterocycles. The number of para-hydroxylation sites is 2. The van der Waals surface area contributed by atoms with Crippen molar-refractivity contribution in [3.8, 4) is 27.9 Å². The minimum Gasteiger partial charge on any atom is -0.454 e. The fourth-order valence-electron chi connectivity index (χ4n) is 6.46. The maximum absolute atomic E-state index is 6.62. The van der Waals surface area contributed by atoms with Crippen LogP contribution in [0, 0.1) is 0 Å². The molecule has 192 valence electrons. The van der Waals surface area contributed by atoms with Crippen LogP contribution < -0.4 is 0 Å². The van der Waals surface area contributed by atoms with Crippen molar-refractivity contribution in [3.05, 3.63) is 140 Å². The molecule has 0 N–H and O–H groups in total. The SMILES string of the molecule is c1ccc(-n2c3ccccc3c3oc4cccc(-c5cccc(-c6cccc7sc8ccccc8c67)c5)c4c32)cc1. The number of nitrogens with zero attached hydrogens (tertiary/aromatic N) is 1. The Kier molecular flexibility index (Phi) is 4.80. The van der Waals surface area contributed by atoms with Crippen LogP contribution in [0.15, 0.2) is 144 Å². The number of rotatable bonds is 3. The van der Waals surface area contributed by atoms with Gasteiger partial charge in [0, 0.05) is 31.2 Å². The fraction of sp³-hybridized carbons (Fsp3) is 0. The van der Waals surface area contributed by atoms with Crippen molar-refractivity contribution in [1.29, 1.82) is 0 Å². The Bertz CT molecular complexity index is 2420. The van der Waals surface area contributed by atoms with Crippen LogP contribution in [0.4, 0.5) is 0 Å². The lowest BCUT2D eigenvalue weighted by molar-refractivity contribution is 0.673. The molecule has 0 spiro atoms. The molecular formula is C38H23NOS. The van der Waals surface area contributed by atoms with Gasteiger partial charge in [-0.05, 0) is 70.8 Å². The molecule has 6 aromatic carbocycles. The topological polar surface area (TPSA) is 18.1 Å². The summed E-state index contributed by atoms with van der Waals surface area (Å²) in [6.45, 7) is 0. The van der Waals surface area contributed by atoms with Gasteiger partial charge in [-0.2, -0.15) is 0 Å². The van der Waals surface area contributed by atoms with E-state index in [2.05, 4.69) is 144 Å². The summed E-state index contributed by atoms with van der Waals surface area (Å²) in [6.07, 6.45) is 0. The molecule has 0 radical (unpaired) electrons. The number of fused-ring (bicyclic) bond motifs is 8. The molecule has 3 heteroatoms. The summed E-state index contributed by atoms with van der Waals surface area (Å²) in [5.74, 6) is 0. The predicted molar refractivity (Wildman–Crippen MR) is 174 cm³/mol. The van der Waals surface area contributed by atoms with Gasteiger partial charge >= 0.3 is 0 Å². The average molecular weight is 542 g/mol. The number of benzene rings is 6. The highest BCUT2D eigenvalue weighted by atomic mass is 32.1. The number of thiophene rings is 1. The highest BCUT2D eigenvalue weighted by Crippen LogP contribution is 2.44. The third-order valence-corrected chi connectivity index (χ3v) is 9.34. The molecule has 0 saturated heterocycles. The van der Waals surface area contributed by atoms with E-state index in [9.17, 15) is 0 Å². The Labute approximate surface area is 240 Å². The first-order valence-corrected chi connectivity index (χ1v) is 14.7. The van der Waals surface area contributed by atoms with Gasteiger partial charge < -0.3 is 8.98 Å². The number of hydrogen-bond donors (Lipinski definition) is 0. The quantitative estimate of drug-likeness (QED) is 0.217. The number of aromatic nitrogens is 1. The van der Waals surface area contributed by atoms with Crippen molar-refractivity contribution in [2.75, 3.05) is 0 Å². The first kappa shape index (κ1) is 22.7. The summed E-state index contributed by atoms with van der Waals surface area (Å²) in [4.78, 5) is 0. The van der Waals surface area contributed by atoms with Gasteiger partial charge in [-0.15, -0.1) is 11.3 Å². The van der Waals surface area contributed by atoms with Gasteiger partial charge in [-0.25, -0.2) is 0 Å². The van der Waals surface area contributed by atoms with E-state index in [0.717, 1.165) is 38.7 Å². The van der Waals surface area contributed by atoms with Gasteiger partial charge in [0.05, 0.1) is 10.9 Å². The lowest BCUT2D eigenvalue weighted by atomic mass is 9.94. The van der Waals surface area contributed by atoms with E-state index in [0.29, 0.717) is 0 Å². The molecule has 3 heterocycles. The van der Waals surface area contributed by atoms with Crippen molar-refractivity contribution < 1.29 is 4.42 Å². The maximum Gasteiger partial charge on any atom is 0.161 e. The molecular weight excluding hydrogens is 518 g/mol. The summed E-state index contributed by atoms with van der Waals surface area (Å²) in [5.41, 5.74) is 10.1. The minimum atomic E-state index is 0.902. The van der Waals surface area contributed by atoms with E-state index < -0.39 is 0 Å². The molecule has 0 fully saturated rings. The summed E-state index contributed by atoms with van der Waals surface area (Å²) in [7, 11) is 0. The fourth-order valence-corrected chi connectivity index (χ4v) is 7.60. The average Bonchev–Trinajstić information content (AvgIpc) is 3.70. The van der Waals surface area contributed by atoms with Gasteiger partial charge in [0.15, 0.2) is 5.58 Å². The van der Waals surface area contributed by atoms with Gasteiger partial charge in [-0.1, -0.05) is 91.0 Å². The third-order valence-electron chi connectivity index (χ3n) is 8.20. The van der Waals surface area contributed by atoms with Crippen LogP contribution in [0.5, 0.6) is 0 Å². The molecule has 0 aliphatic rings. The van der Waals surface area contributed by atoms with Gasteiger partial charge in [0.25, 0.3) is 0 Å². The van der Waals surface area contributed by atoms with E-state index in [1.165, 1.54) is 42.4 Å². The summed E-state index contributed by atoms with van der Waals surface area (Å²) >= 11 is 1.86. The Morgan fingerprint density at radius 2 is 1.17 bits per heavy atom. The Balaban J connectivity index is 1.33. The van der Waals surface area contributed by atoms with E-state index in [1.807, 2.05) is 11.3 Å². The van der Waals surface area contributed by atoms with E-state index in [-0.39, 0.29) is 0 Å². The Hall–Kier alpha value is -5.12. The van der Waals surface area contributed by atoms with Crippen LogP contribution in [0.3, 0.4) is 0 Å². The highest BCUT2D eigenvalue weighted by molar-refractivity contribution is 7.25. The predicted octanol–water partition coefficient (Wildman–Crippen LogP) is 11.2. The van der Waals surface area contributed by atoms with Crippen molar-refractivity contribution >= 4 is 64.5 Å². The number of hydrogen-bond acceptors (Lipinski definition) is 2. The molecule has 0 unspecified atom stereocenters. The monoisotopic (exact) mass is 541 g/mol. The molecule has 0 amide bonds. The second kappa shape index (κ2) is 8.69. The van der Waals surface area contributed by atoms with Gasteiger partial charge in [-0.3, -0.25) is 0 Å². The van der Waals surface area contributed by atoms with Crippen LogP contribution in [0.2, 0.25) is 0 Å². The van der Waals surface area contributed by atoms with E-state index >= 15 is 0 Å². The molecule has 9 rings (SSSR count). The van der Waals surface area contributed by atoms with Crippen LogP contribution >= 0.6 is 11.3 Å². The summed E-state index contributed by atoms with van der Waals surface area (Å²) < 4.78 is 11.6. The molecule has 0 aliphatic carbocycles. The minimum absolute atomic E-state index is 0.902. The van der Waals surface area contributed by atoms with Gasteiger partial charge in [0.2, 0.25) is 0 Å². The highest BCUT2D eigenvalue weighted by Gasteiger charge is 2.22. The lowest BCUT2D eigenvalue weighted by Crippen LogP contribution is -1.93. The van der Waals surface area contributed by atoms with Gasteiger partial charge in [0.1, 0.15) is 11.1 Å². The van der Waals surface area contributed by atoms with Crippen molar-refractivity contribution in [1.82, 2.24) is 4.57 Å². The summed E-state index contributed by atoms with van der Waals surface area (Å²) in [6, 6.07) is 49.9. The molecule has 0 bridgehead atoms. The van der Waals surface area contributed by atoms with Crippen LogP contribution in [0.1, 0.15) is 0 Å². The van der Waals surface area contributed by atoms with Crippen LogP contribution in [-0.2, 0) is 0 Å². The normalized spacial score (nSPS) is 11.9. The number of furan rings is 1. The first-order chi connectivity index (χ1) is 20.3. The second-order valence-corrected chi connectivity index (χ2v) is 11.6. The molecule has 9 aromatic rings. The first-order valence-electron chi connectivity index (χ1n) is 13.9. The van der Waals surface area contributed by atoms with Crippen molar-refractivity contribution in [2.24, 2.45) is 0 Å². The molecule has 2 nitrogen and oxygen atoms in total. The zero-order valence-electron chi connectivity index (χ0n) is 22.0. The molecule has 0 aliphatic heterocycles. The van der Waals surface area contributed by atoms with E-state index in [4.69, 9.17) is 4.42 Å². The second-order valence-electron chi connectivity index (χ2n) is 10.5. The van der Waals surface area contributed by atoms with Crippen LogP contribution in [-0.4, -0.2) is 4.57 Å². The molecule has 0 atom stereocenters. The lowest BCUT2D eigenvalue weighted by Gasteiger charge is -2.11. The van der Waals surface area contributed by atoms with E-state index in [1.54, 1.807) is 0 Å². The zero-order valence-corrected chi connectivity index (χ0v) is 22.9. The van der Waals surface area contributed by atoms with Crippen LogP contribution in [0.25, 0.3) is 81.1 Å². The largest absolute Gasteiger partial charge is 0.454 e. The zero-order chi connectivity index (χ0) is 26.9. The third kappa shape index (κ3) is 3.30.